The molecule has 6 heterocycles. The van der Waals surface area contributed by atoms with Gasteiger partial charge in [-0.05, 0) is 92.3 Å². The van der Waals surface area contributed by atoms with Gasteiger partial charge in [-0.3, -0.25) is 29.4 Å². The predicted molar refractivity (Wildman–Crippen MR) is 237 cm³/mol. The predicted octanol–water partition coefficient (Wildman–Crippen LogP) is 5.07. The highest BCUT2D eigenvalue weighted by Crippen LogP contribution is 2.54. The Morgan fingerprint density at radius 2 is 1.44 bits per heavy atom. The molecule has 4 amide bonds. The number of amides is 4. The van der Waals surface area contributed by atoms with Crippen molar-refractivity contribution in [3.05, 3.63) is 76.9 Å². The van der Waals surface area contributed by atoms with Crippen LogP contribution in [0.15, 0.2) is 48.5 Å². The Hall–Kier alpha value is -5.32. The number of piperazine rings is 1. The largest absolute Gasteiger partial charge is 0.503 e. The smallest absolute Gasteiger partial charge is 0.262 e. The number of phenolic OH excluding ortho intramolecular Hbond substituents is 1. The van der Waals surface area contributed by atoms with Gasteiger partial charge < -0.3 is 39.1 Å². The van der Waals surface area contributed by atoms with Crippen LogP contribution in [0.25, 0.3) is 0 Å². The Labute approximate surface area is 373 Å². The molecule has 0 unspecified atom stereocenters. The second-order valence-corrected chi connectivity index (χ2v) is 18.4. The Morgan fingerprint density at radius 1 is 0.781 bits per heavy atom. The van der Waals surface area contributed by atoms with Gasteiger partial charge in [0.2, 0.25) is 11.8 Å². The molecule has 0 bridgehead atoms. The minimum absolute atomic E-state index is 0.0129. The lowest BCUT2D eigenvalue weighted by Gasteiger charge is -2.55. The van der Waals surface area contributed by atoms with Crippen LogP contribution >= 0.6 is 0 Å². The first-order valence-electron chi connectivity index (χ1n) is 22.9. The molecular weight excluding hydrogens is 825 g/mol. The summed E-state index contributed by atoms with van der Waals surface area (Å²) < 4.78 is 42.3. The molecule has 6 aliphatic rings. The fourth-order valence-corrected chi connectivity index (χ4v) is 11.2. The third kappa shape index (κ3) is 7.95. The number of anilines is 3. The number of piperidine rings is 3. The zero-order valence-electron chi connectivity index (χ0n) is 37.0. The molecule has 342 valence electrons. The monoisotopic (exact) mass is 883 g/mol. The van der Waals surface area contributed by atoms with E-state index in [0.717, 1.165) is 95.4 Å². The second kappa shape index (κ2) is 17.9. The van der Waals surface area contributed by atoms with Crippen LogP contribution < -0.4 is 24.8 Å². The van der Waals surface area contributed by atoms with Crippen molar-refractivity contribution in [2.75, 3.05) is 94.4 Å². The van der Waals surface area contributed by atoms with Crippen molar-refractivity contribution in [2.45, 2.75) is 76.1 Å². The van der Waals surface area contributed by atoms with Crippen molar-refractivity contribution in [3.8, 4) is 11.5 Å². The van der Waals surface area contributed by atoms with E-state index in [1.165, 1.54) is 37.3 Å². The molecule has 5 saturated heterocycles. The van der Waals surface area contributed by atoms with Gasteiger partial charge in [0.25, 0.3) is 11.8 Å². The standard InChI is InChI=1S/C48H59F2N7O7/c1-4-48(64-3)44(57(47(48)62)38-7-5-6-36(49)43(38)59)35-25-37(50)40(26-41(35)63-2)55-18-14-31(15-19-55)28-53-22-20-52(21-23-53)27-30-12-16-54(17-13-30)33-8-9-34-32(24-33)29-56(46(34)61)39-10-11-42(58)51-45(39)60/h5-9,24-26,30-31,39,44,59H,4,10-23,27-29H2,1-3H3,(H,51,58,60)/t39-,44-,48-/m0/s1. The van der Waals surface area contributed by atoms with Gasteiger partial charge in [0.1, 0.15) is 23.7 Å². The summed E-state index contributed by atoms with van der Waals surface area (Å²) >= 11 is 0. The molecule has 0 radical (unpaired) electrons. The highest BCUT2D eigenvalue weighted by molar-refractivity contribution is 6.09. The van der Waals surface area contributed by atoms with Crippen molar-refractivity contribution < 1.29 is 42.5 Å². The topological polar surface area (TPSA) is 138 Å². The molecule has 16 heteroatoms. The van der Waals surface area contributed by atoms with E-state index < -0.39 is 41.0 Å². The summed E-state index contributed by atoms with van der Waals surface area (Å²) in [6.45, 7) is 11.8. The van der Waals surface area contributed by atoms with Gasteiger partial charge >= 0.3 is 0 Å². The summed E-state index contributed by atoms with van der Waals surface area (Å²) in [4.78, 5) is 63.4. The number of benzene rings is 3. The van der Waals surface area contributed by atoms with Gasteiger partial charge in [0, 0.05) is 108 Å². The summed E-state index contributed by atoms with van der Waals surface area (Å²) in [5, 5.41) is 13.0. The van der Waals surface area contributed by atoms with Crippen LogP contribution in [0.5, 0.6) is 11.5 Å². The summed E-state index contributed by atoms with van der Waals surface area (Å²) in [5.74, 6) is -1.71. The van der Waals surface area contributed by atoms with E-state index in [9.17, 15) is 28.7 Å². The van der Waals surface area contributed by atoms with E-state index in [4.69, 9.17) is 9.47 Å². The number of methoxy groups -OCH3 is 2. The number of β-lactam (4-membered cyclic amide) rings is 1. The van der Waals surface area contributed by atoms with Crippen LogP contribution in [-0.2, 0) is 25.7 Å². The lowest BCUT2D eigenvalue weighted by Crippen LogP contribution is -2.69. The Bertz CT molecular complexity index is 2290. The number of phenols is 1. The SMILES string of the molecule is CC[C@@]1(OC)C(=O)N(c2cccc(F)c2O)[C@H]1c1cc(F)c(N2CCC(CN3CCN(CC4CCN(c5ccc6c(c5)CN([C@H]5CCC(=O)NC5=O)C6=O)CC4)CC3)CC2)cc1OC. The third-order valence-electron chi connectivity index (χ3n) is 14.9. The molecule has 0 aromatic heterocycles. The molecule has 3 aromatic rings. The number of hydrogen-bond donors (Lipinski definition) is 2. The number of rotatable bonds is 12. The lowest BCUT2D eigenvalue weighted by molar-refractivity contribution is -0.160. The van der Waals surface area contributed by atoms with Crippen molar-refractivity contribution in [2.24, 2.45) is 11.8 Å². The van der Waals surface area contributed by atoms with Crippen molar-refractivity contribution >= 4 is 40.7 Å². The zero-order valence-corrected chi connectivity index (χ0v) is 37.0. The van der Waals surface area contributed by atoms with Crippen LogP contribution in [-0.4, -0.2) is 135 Å². The summed E-state index contributed by atoms with van der Waals surface area (Å²) in [5.41, 5.74) is 2.16. The first-order chi connectivity index (χ1) is 30.9. The summed E-state index contributed by atoms with van der Waals surface area (Å²) in [6.07, 6.45) is 4.97. The van der Waals surface area contributed by atoms with E-state index in [0.29, 0.717) is 60.5 Å². The number of carbonyl (C=O) groups is 4. The maximum Gasteiger partial charge on any atom is 0.262 e. The first-order valence-corrected chi connectivity index (χ1v) is 22.9. The van der Waals surface area contributed by atoms with Crippen molar-refractivity contribution in [3.63, 3.8) is 0 Å². The van der Waals surface area contributed by atoms with E-state index >= 15 is 4.39 Å². The molecule has 0 spiro atoms. The first kappa shape index (κ1) is 43.9. The molecule has 0 saturated carbocycles. The van der Waals surface area contributed by atoms with Crippen molar-refractivity contribution in [1.82, 2.24) is 20.0 Å². The maximum absolute atomic E-state index is 16.2. The Balaban J connectivity index is 0.738. The molecular formula is C48H59F2N7O7. The fourth-order valence-electron chi connectivity index (χ4n) is 11.2. The van der Waals surface area contributed by atoms with Gasteiger partial charge in [-0.2, -0.15) is 0 Å². The van der Waals surface area contributed by atoms with Crippen LogP contribution in [0.3, 0.4) is 0 Å². The number of nitrogens with zero attached hydrogens (tertiary/aromatic N) is 6. The van der Waals surface area contributed by atoms with E-state index in [2.05, 4.69) is 31.0 Å². The fraction of sp³-hybridized carbons (Fsp3) is 0.542. The average Bonchev–Trinajstić information content (AvgIpc) is 3.63. The second-order valence-electron chi connectivity index (χ2n) is 18.4. The highest BCUT2D eigenvalue weighted by Gasteiger charge is 2.63. The average molecular weight is 884 g/mol. The number of ether oxygens (including phenoxy) is 2. The highest BCUT2D eigenvalue weighted by atomic mass is 19.1. The molecule has 14 nitrogen and oxygen atoms in total. The van der Waals surface area contributed by atoms with E-state index in [1.54, 1.807) is 17.9 Å². The van der Waals surface area contributed by atoms with Crippen LogP contribution in [0.4, 0.5) is 25.8 Å². The minimum Gasteiger partial charge on any atom is -0.503 e. The van der Waals surface area contributed by atoms with Gasteiger partial charge in [-0.1, -0.05) is 13.0 Å². The number of halogens is 2. The van der Waals surface area contributed by atoms with Gasteiger partial charge in [0.15, 0.2) is 17.2 Å². The molecule has 5 fully saturated rings. The quantitative estimate of drug-likeness (QED) is 0.186. The van der Waals surface area contributed by atoms with Crippen molar-refractivity contribution in [1.29, 1.82) is 0 Å². The third-order valence-corrected chi connectivity index (χ3v) is 14.9. The van der Waals surface area contributed by atoms with Gasteiger partial charge in [-0.15, -0.1) is 0 Å². The number of fused-ring (bicyclic) bond motifs is 1. The number of nitrogens with one attached hydrogen (secondary N) is 1. The maximum atomic E-state index is 16.2. The van der Waals surface area contributed by atoms with Gasteiger partial charge in [0.05, 0.1) is 18.5 Å². The van der Waals surface area contributed by atoms with Crippen LogP contribution in [0, 0.1) is 23.5 Å². The molecule has 3 atom stereocenters. The lowest BCUT2D eigenvalue weighted by atomic mass is 9.75. The minimum atomic E-state index is -1.34. The van der Waals surface area contributed by atoms with Gasteiger partial charge in [-0.25, -0.2) is 8.78 Å². The zero-order chi connectivity index (χ0) is 44.9. The molecule has 3 aromatic carbocycles. The molecule has 9 rings (SSSR count). The molecule has 2 N–H and O–H groups in total. The summed E-state index contributed by atoms with van der Waals surface area (Å²) in [6, 6.07) is 11.6. The number of imide groups is 1. The number of hydrogen-bond acceptors (Lipinski definition) is 11. The number of aromatic hydroxyl groups is 1. The van der Waals surface area contributed by atoms with E-state index in [-0.39, 0.29) is 36.3 Å². The number of para-hydroxylation sites is 1. The Morgan fingerprint density at radius 3 is 2.05 bits per heavy atom. The van der Waals surface area contributed by atoms with Crippen LogP contribution in [0.2, 0.25) is 0 Å². The Kier molecular flexibility index (Phi) is 12.3. The van der Waals surface area contributed by atoms with Crippen LogP contribution in [0.1, 0.15) is 79.4 Å². The molecule has 64 heavy (non-hydrogen) atoms. The normalized spacial score (nSPS) is 25.2. The molecule has 0 aliphatic carbocycles. The molecule has 6 aliphatic heterocycles. The van der Waals surface area contributed by atoms with E-state index in [1.807, 2.05) is 12.1 Å². The number of carbonyl (C=O) groups excluding carboxylic acids is 4. The summed E-state index contributed by atoms with van der Waals surface area (Å²) in [7, 11) is 2.93.